The Balaban J connectivity index is 0. The molecule has 1 aromatic heterocycles. The SMILES string of the molecule is CN(C)C(=O)CN1CC[C@@H](N(C)C)[C@@H]1Cc1cccnc1.O=C(O)C(F)(F)F.O=C(O)C(F)(F)F.O=C(O)C(F)(F)F. The Morgan fingerprint density at radius 2 is 1.26 bits per heavy atom. The second-order valence-corrected chi connectivity index (χ2v) is 8.62. The van der Waals surface area contributed by atoms with E-state index in [1.54, 1.807) is 11.1 Å². The van der Waals surface area contributed by atoms with E-state index in [-0.39, 0.29) is 5.91 Å². The van der Waals surface area contributed by atoms with Crippen LogP contribution in [0.2, 0.25) is 0 Å². The summed E-state index contributed by atoms with van der Waals surface area (Å²) in [6.07, 6.45) is -9.47. The van der Waals surface area contributed by atoms with E-state index in [1.807, 2.05) is 26.4 Å². The number of amides is 1. The molecule has 42 heavy (non-hydrogen) atoms. The van der Waals surface area contributed by atoms with Crippen LogP contribution in [-0.2, 0) is 25.6 Å². The lowest BCUT2D eigenvalue weighted by atomic mass is 10.0. The van der Waals surface area contributed by atoms with Crippen LogP contribution in [0.4, 0.5) is 39.5 Å². The molecule has 1 fully saturated rings. The predicted octanol–water partition coefficient (Wildman–Crippen LogP) is 2.62. The van der Waals surface area contributed by atoms with E-state index in [0.717, 1.165) is 19.4 Å². The Labute approximate surface area is 233 Å². The lowest BCUT2D eigenvalue weighted by molar-refractivity contribution is -0.193. The van der Waals surface area contributed by atoms with E-state index < -0.39 is 36.4 Å². The molecule has 0 bridgehead atoms. The van der Waals surface area contributed by atoms with Gasteiger partial charge in [0.2, 0.25) is 5.91 Å². The van der Waals surface area contributed by atoms with E-state index in [4.69, 9.17) is 29.7 Å². The van der Waals surface area contributed by atoms with E-state index in [0.29, 0.717) is 18.6 Å². The Morgan fingerprint density at radius 3 is 1.55 bits per heavy atom. The van der Waals surface area contributed by atoms with Gasteiger partial charge in [-0.25, -0.2) is 14.4 Å². The van der Waals surface area contributed by atoms with Gasteiger partial charge in [0.25, 0.3) is 0 Å². The molecule has 1 aromatic rings. The normalized spacial score (nSPS) is 17.0. The van der Waals surface area contributed by atoms with Gasteiger partial charge in [0.05, 0.1) is 6.54 Å². The fourth-order valence-corrected chi connectivity index (χ4v) is 3.04. The van der Waals surface area contributed by atoms with Crippen molar-refractivity contribution in [3.8, 4) is 0 Å². The van der Waals surface area contributed by atoms with Gasteiger partial charge in [0.15, 0.2) is 0 Å². The summed E-state index contributed by atoms with van der Waals surface area (Å²) < 4.78 is 95.2. The summed E-state index contributed by atoms with van der Waals surface area (Å²) in [5.74, 6) is -8.10. The molecule has 1 amide bonds. The summed E-state index contributed by atoms with van der Waals surface area (Å²) in [5, 5.41) is 21.4. The zero-order valence-corrected chi connectivity index (χ0v) is 22.5. The minimum absolute atomic E-state index is 0.172. The summed E-state index contributed by atoms with van der Waals surface area (Å²) in [7, 11) is 7.88. The first-order chi connectivity index (χ1) is 18.8. The van der Waals surface area contributed by atoms with Gasteiger partial charge in [-0.1, -0.05) is 6.07 Å². The number of aromatic nitrogens is 1. The Kier molecular flexibility index (Phi) is 16.7. The highest BCUT2D eigenvalue weighted by Gasteiger charge is 2.39. The number of nitrogens with zero attached hydrogens (tertiary/aromatic N) is 4. The van der Waals surface area contributed by atoms with Gasteiger partial charge < -0.3 is 25.1 Å². The molecule has 2 heterocycles. The minimum atomic E-state index is -5.08. The third-order valence-electron chi connectivity index (χ3n) is 5.02. The molecular weight excluding hydrogens is 603 g/mol. The number of pyridine rings is 1. The van der Waals surface area contributed by atoms with Gasteiger partial charge in [-0.05, 0) is 38.6 Å². The van der Waals surface area contributed by atoms with Crippen molar-refractivity contribution in [2.24, 2.45) is 0 Å². The molecule has 0 spiro atoms. The predicted molar refractivity (Wildman–Crippen MR) is 125 cm³/mol. The molecule has 2 rings (SSSR count). The molecule has 3 N–H and O–H groups in total. The summed E-state index contributed by atoms with van der Waals surface area (Å²) in [6.45, 7) is 1.48. The third kappa shape index (κ3) is 17.2. The maximum Gasteiger partial charge on any atom is 0.490 e. The van der Waals surface area contributed by atoms with Crippen LogP contribution in [0.5, 0.6) is 0 Å². The molecule has 1 saturated heterocycles. The van der Waals surface area contributed by atoms with Gasteiger partial charge in [-0.15, -0.1) is 0 Å². The molecule has 0 aromatic carbocycles. The smallest absolute Gasteiger partial charge is 0.475 e. The first-order valence-electron chi connectivity index (χ1n) is 11.2. The molecule has 0 radical (unpaired) electrons. The van der Waals surface area contributed by atoms with Gasteiger partial charge in [0, 0.05) is 45.1 Å². The quantitative estimate of drug-likeness (QED) is 0.414. The fraction of sp³-hybridized carbons (Fsp3) is 0.591. The highest BCUT2D eigenvalue weighted by molar-refractivity contribution is 5.77. The van der Waals surface area contributed by atoms with Crippen molar-refractivity contribution in [3.05, 3.63) is 30.1 Å². The topological polar surface area (TPSA) is 152 Å². The number of likely N-dealkylation sites (N-methyl/N-ethyl adjacent to an activating group) is 2. The number of carbonyl (C=O) groups excluding carboxylic acids is 1. The fourth-order valence-electron chi connectivity index (χ4n) is 3.04. The van der Waals surface area contributed by atoms with Crippen molar-refractivity contribution in [1.82, 2.24) is 19.7 Å². The first-order valence-corrected chi connectivity index (χ1v) is 11.2. The molecule has 11 nitrogen and oxygen atoms in total. The molecule has 0 unspecified atom stereocenters. The van der Waals surface area contributed by atoms with Crippen LogP contribution in [0, 0.1) is 0 Å². The summed E-state index contributed by atoms with van der Waals surface area (Å²) in [4.78, 5) is 49.2. The van der Waals surface area contributed by atoms with Crippen LogP contribution in [-0.4, -0.2) is 131 Å². The highest BCUT2D eigenvalue weighted by Crippen LogP contribution is 2.24. The van der Waals surface area contributed by atoms with Crippen LogP contribution in [0.3, 0.4) is 0 Å². The van der Waals surface area contributed by atoms with Crippen molar-refractivity contribution in [2.75, 3.05) is 41.3 Å². The number of hydrogen-bond acceptors (Lipinski definition) is 7. The molecule has 20 heteroatoms. The summed E-state index contributed by atoms with van der Waals surface area (Å²) in [6, 6.07) is 4.95. The molecule has 2 atom stereocenters. The van der Waals surface area contributed by atoms with Crippen LogP contribution >= 0.6 is 0 Å². The van der Waals surface area contributed by atoms with Crippen LogP contribution < -0.4 is 0 Å². The first kappa shape index (κ1) is 40.5. The van der Waals surface area contributed by atoms with Gasteiger partial charge in [-0.2, -0.15) is 39.5 Å². The Bertz CT molecular complexity index is 946. The van der Waals surface area contributed by atoms with E-state index in [9.17, 15) is 44.3 Å². The third-order valence-corrected chi connectivity index (χ3v) is 5.02. The standard InChI is InChI=1S/C16H26N4O.3C2HF3O2/c1-18(2)14-7-9-20(12-16(21)19(3)4)15(14)10-13-6-5-8-17-11-13;3*3-2(4,5)1(6)7/h5-6,8,11,14-15H,7,9-10,12H2,1-4H3;3*(H,6,7)/t14-,15+;;;/m1.../s1. The molecule has 1 aliphatic heterocycles. The van der Waals surface area contributed by atoms with Gasteiger partial charge in [-0.3, -0.25) is 14.7 Å². The van der Waals surface area contributed by atoms with Crippen LogP contribution in [0.1, 0.15) is 12.0 Å². The Hall–Kier alpha value is -3.68. The number of carbonyl (C=O) groups is 4. The Morgan fingerprint density at radius 1 is 0.857 bits per heavy atom. The molecule has 1 aliphatic rings. The largest absolute Gasteiger partial charge is 0.490 e. The molecule has 0 saturated carbocycles. The zero-order chi connectivity index (χ0) is 33.6. The van der Waals surface area contributed by atoms with E-state index in [2.05, 4.69) is 34.9 Å². The number of likely N-dealkylation sites (tertiary alicyclic amines) is 1. The maximum atomic E-state index is 12.0. The van der Waals surface area contributed by atoms with Crippen molar-refractivity contribution in [2.45, 2.75) is 43.5 Å². The lowest BCUT2D eigenvalue weighted by Gasteiger charge is -2.31. The summed E-state index contributed by atoms with van der Waals surface area (Å²) >= 11 is 0. The van der Waals surface area contributed by atoms with Crippen molar-refractivity contribution in [3.63, 3.8) is 0 Å². The lowest BCUT2D eigenvalue weighted by Crippen LogP contribution is -2.46. The second kappa shape index (κ2) is 17.3. The van der Waals surface area contributed by atoms with Crippen molar-refractivity contribution in [1.29, 1.82) is 0 Å². The van der Waals surface area contributed by atoms with Gasteiger partial charge >= 0.3 is 36.4 Å². The minimum Gasteiger partial charge on any atom is -0.475 e. The van der Waals surface area contributed by atoms with Crippen LogP contribution in [0.25, 0.3) is 0 Å². The molecule has 0 aliphatic carbocycles. The van der Waals surface area contributed by atoms with E-state index in [1.165, 1.54) is 5.56 Å². The number of carboxylic acids is 3. The van der Waals surface area contributed by atoms with Gasteiger partial charge in [0.1, 0.15) is 0 Å². The number of rotatable bonds is 5. The van der Waals surface area contributed by atoms with E-state index >= 15 is 0 Å². The number of hydrogen-bond donors (Lipinski definition) is 3. The number of aliphatic carboxylic acids is 3. The molecular formula is C22H29F9N4O7. The zero-order valence-electron chi connectivity index (χ0n) is 22.5. The average molecular weight is 632 g/mol. The average Bonchev–Trinajstić information content (AvgIpc) is 3.21. The molecule has 242 valence electrons. The number of halogens is 9. The number of alkyl halides is 9. The van der Waals surface area contributed by atoms with Crippen molar-refractivity contribution < 1.29 is 74.0 Å². The second-order valence-electron chi connectivity index (χ2n) is 8.62. The van der Waals surface area contributed by atoms with Crippen LogP contribution in [0.15, 0.2) is 24.5 Å². The summed E-state index contributed by atoms with van der Waals surface area (Å²) in [5.41, 5.74) is 1.23. The highest BCUT2D eigenvalue weighted by atomic mass is 19.4. The monoisotopic (exact) mass is 632 g/mol. The number of carboxylic acid groups (broad SMARTS) is 3. The maximum absolute atomic E-state index is 12.0. The van der Waals surface area contributed by atoms with Crippen molar-refractivity contribution >= 4 is 23.8 Å².